The summed E-state index contributed by atoms with van der Waals surface area (Å²) in [5.74, 6) is 0.0792. The maximum atomic E-state index is 13.3. The highest BCUT2D eigenvalue weighted by molar-refractivity contribution is 5.96. The lowest BCUT2D eigenvalue weighted by Crippen LogP contribution is -2.37. The Bertz CT molecular complexity index is 962. The second-order valence-corrected chi connectivity index (χ2v) is 7.33. The molecule has 3 nitrogen and oxygen atoms in total. The second-order valence-electron chi connectivity index (χ2n) is 7.33. The molecule has 1 unspecified atom stereocenters. The maximum absolute atomic E-state index is 13.3. The Morgan fingerprint density at radius 3 is 2.32 bits per heavy atom. The molecule has 0 bridgehead atoms. The molecule has 1 heterocycles. The van der Waals surface area contributed by atoms with E-state index in [-0.39, 0.29) is 12.4 Å². The van der Waals surface area contributed by atoms with Gasteiger partial charge in [-0.2, -0.15) is 0 Å². The van der Waals surface area contributed by atoms with Gasteiger partial charge in [0, 0.05) is 18.5 Å². The molecule has 1 aromatic heterocycles. The third-order valence-electron chi connectivity index (χ3n) is 5.42. The first-order valence-corrected chi connectivity index (χ1v) is 9.70. The Morgan fingerprint density at radius 1 is 1.00 bits per heavy atom. The van der Waals surface area contributed by atoms with Crippen LogP contribution in [0.4, 0.5) is 0 Å². The maximum Gasteiger partial charge on any atom is 0.149 e. The molecule has 0 aliphatic carbocycles. The number of ketones is 1. The summed E-state index contributed by atoms with van der Waals surface area (Å²) in [6.45, 7) is 5.85. The van der Waals surface area contributed by atoms with E-state index in [9.17, 15) is 4.79 Å². The SMILES string of the molecule is CC(=O)C(c1ccc(CCCO)cc1)(c1ccnc(C)c1)c1ccccc1C. The predicted octanol–water partition coefficient (Wildman–Crippen LogP) is 4.55. The summed E-state index contributed by atoms with van der Waals surface area (Å²) >= 11 is 0. The van der Waals surface area contributed by atoms with Crippen LogP contribution in [0.15, 0.2) is 66.9 Å². The van der Waals surface area contributed by atoms with Crippen molar-refractivity contribution in [2.75, 3.05) is 6.61 Å². The number of aliphatic hydroxyl groups excluding tert-OH is 1. The number of hydrogen-bond donors (Lipinski definition) is 1. The molecule has 0 saturated heterocycles. The Balaban J connectivity index is 2.27. The Kier molecular flexibility index (Phi) is 6.05. The van der Waals surface area contributed by atoms with Crippen molar-refractivity contribution in [2.45, 2.75) is 39.0 Å². The molecule has 3 rings (SSSR count). The van der Waals surface area contributed by atoms with Gasteiger partial charge in [-0.05, 0) is 73.6 Å². The minimum atomic E-state index is -0.880. The Hall–Kier alpha value is -2.78. The van der Waals surface area contributed by atoms with Crippen LogP contribution in [0.25, 0.3) is 0 Å². The Labute approximate surface area is 167 Å². The molecule has 0 radical (unpaired) electrons. The minimum Gasteiger partial charge on any atom is -0.396 e. The lowest BCUT2D eigenvalue weighted by atomic mass is 9.66. The summed E-state index contributed by atoms with van der Waals surface area (Å²) < 4.78 is 0. The average Bonchev–Trinajstić information content (AvgIpc) is 2.69. The molecule has 0 aliphatic heterocycles. The lowest BCUT2D eigenvalue weighted by molar-refractivity contribution is -0.119. The van der Waals surface area contributed by atoms with E-state index in [1.54, 1.807) is 13.1 Å². The normalized spacial score (nSPS) is 13.1. The number of Topliss-reactive ketones (excluding diaryl/α,β-unsaturated/α-hetero) is 1. The van der Waals surface area contributed by atoms with Crippen molar-refractivity contribution in [1.82, 2.24) is 4.98 Å². The van der Waals surface area contributed by atoms with Gasteiger partial charge in [0.25, 0.3) is 0 Å². The van der Waals surface area contributed by atoms with Crippen LogP contribution in [0.5, 0.6) is 0 Å². The van der Waals surface area contributed by atoms with E-state index in [0.717, 1.165) is 46.4 Å². The summed E-state index contributed by atoms with van der Waals surface area (Å²) in [5, 5.41) is 9.09. The number of aromatic nitrogens is 1. The lowest BCUT2D eigenvalue weighted by Gasteiger charge is -2.35. The first-order chi connectivity index (χ1) is 13.5. The zero-order chi connectivity index (χ0) is 20.1. The van der Waals surface area contributed by atoms with Crippen LogP contribution >= 0.6 is 0 Å². The predicted molar refractivity (Wildman–Crippen MR) is 113 cm³/mol. The molecule has 0 fully saturated rings. The smallest absolute Gasteiger partial charge is 0.149 e. The summed E-state index contributed by atoms with van der Waals surface area (Å²) in [4.78, 5) is 17.7. The number of pyridine rings is 1. The largest absolute Gasteiger partial charge is 0.396 e. The highest BCUT2D eigenvalue weighted by atomic mass is 16.2. The van der Waals surface area contributed by atoms with Gasteiger partial charge in [0.1, 0.15) is 11.2 Å². The third-order valence-corrected chi connectivity index (χ3v) is 5.42. The van der Waals surface area contributed by atoms with Crippen LogP contribution in [0.2, 0.25) is 0 Å². The van der Waals surface area contributed by atoms with E-state index in [1.165, 1.54) is 0 Å². The molecule has 3 heteroatoms. The van der Waals surface area contributed by atoms with Crippen molar-refractivity contribution in [2.24, 2.45) is 0 Å². The zero-order valence-corrected chi connectivity index (χ0v) is 16.8. The highest BCUT2D eigenvalue weighted by Gasteiger charge is 2.42. The second kappa shape index (κ2) is 8.49. The number of rotatable bonds is 7. The van der Waals surface area contributed by atoms with Crippen LogP contribution in [0.1, 0.15) is 46.9 Å². The Morgan fingerprint density at radius 2 is 1.71 bits per heavy atom. The summed E-state index contributed by atoms with van der Waals surface area (Å²) in [5.41, 5.74) is 5.13. The van der Waals surface area contributed by atoms with E-state index in [2.05, 4.69) is 42.2 Å². The zero-order valence-electron chi connectivity index (χ0n) is 16.8. The van der Waals surface area contributed by atoms with Gasteiger partial charge < -0.3 is 5.11 Å². The third kappa shape index (κ3) is 3.63. The fourth-order valence-electron chi connectivity index (χ4n) is 4.05. The molecule has 1 N–H and O–H groups in total. The molecule has 3 aromatic rings. The van der Waals surface area contributed by atoms with Crippen LogP contribution < -0.4 is 0 Å². The van der Waals surface area contributed by atoms with Crippen LogP contribution in [-0.4, -0.2) is 22.5 Å². The van der Waals surface area contributed by atoms with E-state index in [1.807, 2.05) is 37.3 Å². The number of aryl methyl sites for hydroxylation is 3. The number of hydrogen-bond acceptors (Lipinski definition) is 3. The number of carbonyl (C=O) groups excluding carboxylic acids is 1. The van der Waals surface area contributed by atoms with Crippen molar-refractivity contribution >= 4 is 5.78 Å². The number of benzene rings is 2. The first kappa shape index (κ1) is 20.0. The molecule has 1 atom stereocenters. The molecular formula is C25H27NO2. The van der Waals surface area contributed by atoms with Gasteiger partial charge in [0.15, 0.2) is 0 Å². The number of carbonyl (C=O) groups is 1. The van der Waals surface area contributed by atoms with E-state index in [4.69, 9.17) is 5.11 Å². The van der Waals surface area contributed by atoms with E-state index in [0.29, 0.717) is 0 Å². The topological polar surface area (TPSA) is 50.2 Å². The van der Waals surface area contributed by atoms with E-state index < -0.39 is 5.41 Å². The van der Waals surface area contributed by atoms with Gasteiger partial charge >= 0.3 is 0 Å². The number of aliphatic hydroxyl groups is 1. The standard InChI is InChI=1S/C25H27NO2/c1-18-7-4-5-9-24(18)25(20(3)28,23-14-15-26-19(2)17-23)22-12-10-21(11-13-22)8-6-16-27/h4-5,7,9-15,17,27H,6,8,16H2,1-3H3. The van der Waals surface area contributed by atoms with Gasteiger partial charge in [0.2, 0.25) is 0 Å². The highest BCUT2D eigenvalue weighted by Crippen LogP contribution is 2.41. The molecule has 28 heavy (non-hydrogen) atoms. The van der Waals surface area contributed by atoms with E-state index >= 15 is 0 Å². The fraction of sp³-hybridized carbons (Fsp3) is 0.280. The number of nitrogens with zero attached hydrogens (tertiary/aromatic N) is 1. The van der Waals surface area contributed by atoms with Gasteiger partial charge in [-0.25, -0.2) is 0 Å². The molecule has 0 saturated carbocycles. The minimum absolute atomic E-state index is 0.0792. The van der Waals surface area contributed by atoms with Crippen LogP contribution in [-0.2, 0) is 16.6 Å². The van der Waals surface area contributed by atoms with Crippen molar-refractivity contribution in [3.05, 3.63) is 100 Å². The van der Waals surface area contributed by atoms with Gasteiger partial charge in [0.05, 0.1) is 0 Å². The molecule has 0 amide bonds. The first-order valence-electron chi connectivity index (χ1n) is 9.70. The van der Waals surface area contributed by atoms with Gasteiger partial charge in [-0.15, -0.1) is 0 Å². The monoisotopic (exact) mass is 373 g/mol. The van der Waals surface area contributed by atoms with Crippen molar-refractivity contribution < 1.29 is 9.90 Å². The molecule has 0 spiro atoms. The van der Waals surface area contributed by atoms with Crippen molar-refractivity contribution in [1.29, 1.82) is 0 Å². The fourth-order valence-corrected chi connectivity index (χ4v) is 4.05. The average molecular weight is 373 g/mol. The van der Waals surface area contributed by atoms with Crippen molar-refractivity contribution in [3.63, 3.8) is 0 Å². The van der Waals surface area contributed by atoms with Gasteiger partial charge in [-0.1, -0.05) is 48.5 Å². The molecule has 0 aliphatic rings. The molecule has 2 aromatic carbocycles. The quantitative estimate of drug-likeness (QED) is 0.661. The summed E-state index contributed by atoms with van der Waals surface area (Å²) in [6, 6.07) is 20.3. The van der Waals surface area contributed by atoms with Crippen LogP contribution in [0, 0.1) is 13.8 Å². The summed E-state index contributed by atoms with van der Waals surface area (Å²) in [7, 11) is 0. The van der Waals surface area contributed by atoms with Crippen molar-refractivity contribution in [3.8, 4) is 0 Å². The molecule has 144 valence electrons. The molecular weight excluding hydrogens is 346 g/mol. The summed E-state index contributed by atoms with van der Waals surface area (Å²) in [6.07, 6.45) is 3.33. The van der Waals surface area contributed by atoms with Crippen LogP contribution in [0.3, 0.4) is 0 Å². The van der Waals surface area contributed by atoms with Gasteiger partial charge in [-0.3, -0.25) is 9.78 Å².